The van der Waals surface area contributed by atoms with E-state index >= 15 is 0 Å². The molecule has 0 aliphatic carbocycles. The van der Waals surface area contributed by atoms with Gasteiger partial charge in [-0.05, 0) is 36.7 Å². The van der Waals surface area contributed by atoms with Gasteiger partial charge in [0.2, 0.25) is 0 Å². The molecule has 1 unspecified atom stereocenters. The zero-order valence-corrected chi connectivity index (χ0v) is 10.6. The number of hydrazone groups is 1. The Labute approximate surface area is 95.2 Å². The van der Waals surface area contributed by atoms with E-state index in [0.29, 0.717) is 3.95 Å². The van der Waals surface area contributed by atoms with E-state index in [-0.39, 0.29) is 0 Å². The smallest absolute Gasteiger partial charge is 0.433 e. The van der Waals surface area contributed by atoms with Gasteiger partial charge in [-0.3, -0.25) is 0 Å². The third-order valence-corrected chi connectivity index (χ3v) is 2.66. The van der Waals surface area contributed by atoms with Gasteiger partial charge in [-0.15, -0.1) is 0 Å². The molecule has 0 spiro atoms. The summed E-state index contributed by atoms with van der Waals surface area (Å²) in [6.07, 6.45) is -0.535. The normalized spacial score (nSPS) is 22.2. The lowest BCUT2D eigenvalue weighted by atomic mass is 10.2. The number of hydrogen-bond donors (Lipinski definition) is 1. The van der Waals surface area contributed by atoms with Crippen LogP contribution in [0.1, 0.15) is 20.8 Å². The SMILES string of the molecule is CC(C)(C)OC(=O)N1N=C(Br)SC1N. The summed E-state index contributed by atoms with van der Waals surface area (Å²) in [5, 5.41) is 4.99. The molecule has 0 fully saturated rings. The first kappa shape index (κ1) is 11.8. The number of hydrogen-bond acceptors (Lipinski definition) is 5. The maximum atomic E-state index is 11.5. The van der Waals surface area contributed by atoms with Crippen LogP contribution in [0.4, 0.5) is 4.79 Å². The minimum Gasteiger partial charge on any atom is -0.442 e. The minimum absolute atomic E-state index is 0.515. The van der Waals surface area contributed by atoms with Crippen LogP contribution in [0.2, 0.25) is 0 Å². The average Bonchev–Trinajstić information content (AvgIpc) is 2.26. The van der Waals surface area contributed by atoms with Crippen molar-refractivity contribution in [1.82, 2.24) is 5.01 Å². The second-order valence-electron chi connectivity index (χ2n) is 3.69. The lowest BCUT2D eigenvalue weighted by Gasteiger charge is -2.23. The fourth-order valence-corrected chi connectivity index (χ4v) is 2.08. The van der Waals surface area contributed by atoms with Crippen LogP contribution in [0, 0.1) is 0 Å². The number of carbonyl (C=O) groups excluding carboxylic acids is 1. The monoisotopic (exact) mass is 281 g/mol. The summed E-state index contributed by atoms with van der Waals surface area (Å²) < 4.78 is 5.69. The Bertz CT molecular complexity index is 277. The summed E-state index contributed by atoms with van der Waals surface area (Å²) in [6.45, 7) is 5.37. The van der Waals surface area contributed by atoms with Crippen molar-refractivity contribution >= 4 is 37.7 Å². The standard InChI is InChI=1S/C7H12BrN3O2S/c1-7(2,3)13-6(12)11-5(9)14-4(8)10-11/h5H,9H2,1-3H3. The van der Waals surface area contributed by atoms with Gasteiger partial charge in [-0.2, -0.15) is 10.1 Å². The first-order valence-corrected chi connectivity index (χ1v) is 5.65. The van der Waals surface area contributed by atoms with E-state index < -0.39 is 17.2 Å². The minimum atomic E-state index is -0.536. The molecule has 1 rings (SSSR count). The molecule has 0 radical (unpaired) electrons. The molecule has 1 amide bonds. The molecule has 0 saturated heterocycles. The van der Waals surface area contributed by atoms with Gasteiger partial charge < -0.3 is 10.5 Å². The van der Waals surface area contributed by atoms with Crippen molar-refractivity contribution in [3.63, 3.8) is 0 Å². The maximum Gasteiger partial charge on any atom is 0.433 e. The van der Waals surface area contributed by atoms with Crippen molar-refractivity contribution in [3.8, 4) is 0 Å². The van der Waals surface area contributed by atoms with Gasteiger partial charge in [-0.25, -0.2) is 4.79 Å². The van der Waals surface area contributed by atoms with Crippen LogP contribution in [0.5, 0.6) is 0 Å². The van der Waals surface area contributed by atoms with Gasteiger partial charge in [0.05, 0.1) is 0 Å². The molecular formula is C7H12BrN3O2S. The van der Waals surface area contributed by atoms with Crippen LogP contribution in [-0.4, -0.2) is 26.2 Å². The Balaban J connectivity index is 2.62. The van der Waals surface area contributed by atoms with E-state index in [2.05, 4.69) is 21.0 Å². The third kappa shape index (κ3) is 3.14. The van der Waals surface area contributed by atoms with E-state index in [1.54, 1.807) is 20.8 Å². The number of ether oxygens (including phenoxy) is 1. The number of carbonyl (C=O) groups is 1. The number of nitrogens with zero attached hydrogens (tertiary/aromatic N) is 2. The Morgan fingerprint density at radius 1 is 1.71 bits per heavy atom. The highest BCUT2D eigenvalue weighted by Gasteiger charge is 2.31. The molecule has 5 nitrogen and oxygen atoms in total. The summed E-state index contributed by atoms with van der Waals surface area (Å²) in [4.78, 5) is 11.5. The Kier molecular flexibility index (Phi) is 3.44. The summed E-state index contributed by atoms with van der Waals surface area (Å²) in [7, 11) is 0. The highest BCUT2D eigenvalue weighted by molar-refractivity contribution is 9.22. The molecule has 1 aliphatic heterocycles. The number of thioether (sulfide) groups is 1. The highest BCUT2D eigenvalue weighted by atomic mass is 79.9. The summed E-state index contributed by atoms with van der Waals surface area (Å²) in [5.41, 5.74) is 4.58. The second kappa shape index (κ2) is 4.08. The Hall–Kier alpha value is -0.270. The highest BCUT2D eigenvalue weighted by Crippen LogP contribution is 2.26. The van der Waals surface area contributed by atoms with E-state index in [9.17, 15) is 4.79 Å². The zero-order valence-electron chi connectivity index (χ0n) is 8.15. The molecule has 2 N–H and O–H groups in total. The molecule has 0 aromatic heterocycles. The van der Waals surface area contributed by atoms with Gasteiger partial charge in [0.25, 0.3) is 0 Å². The van der Waals surface area contributed by atoms with E-state index in [1.807, 2.05) is 0 Å². The summed E-state index contributed by atoms with van der Waals surface area (Å²) in [5.74, 6) is 0. The van der Waals surface area contributed by atoms with Gasteiger partial charge in [0.15, 0.2) is 9.45 Å². The lowest BCUT2D eigenvalue weighted by molar-refractivity contribution is 0.0245. The molecule has 0 aromatic carbocycles. The fourth-order valence-electron chi connectivity index (χ4n) is 0.768. The molecule has 0 aromatic rings. The van der Waals surface area contributed by atoms with E-state index in [1.165, 1.54) is 11.8 Å². The van der Waals surface area contributed by atoms with Gasteiger partial charge in [-0.1, -0.05) is 11.8 Å². The van der Waals surface area contributed by atoms with E-state index in [0.717, 1.165) is 5.01 Å². The topological polar surface area (TPSA) is 67.9 Å². The zero-order chi connectivity index (χ0) is 10.9. The van der Waals surface area contributed by atoms with Crippen LogP contribution < -0.4 is 5.73 Å². The quantitative estimate of drug-likeness (QED) is 0.736. The lowest BCUT2D eigenvalue weighted by Crippen LogP contribution is -2.40. The third-order valence-electron chi connectivity index (χ3n) is 1.23. The van der Waals surface area contributed by atoms with Crippen molar-refractivity contribution in [3.05, 3.63) is 0 Å². The van der Waals surface area contributed by atoms with Crippen LogP contribution in [0.15, 0.2) is 5.10 Å². The largest absolute Gasteiger partial charge is 0.442 e. The number of amides is 1. The molecule has 14 heavy (non-hydrogen) atoms. The van der Waals surface area contributed by atoms with Crippen LogP contribution in [0.25, 0.3) is 0 Å². The average molecular weight is 282 g/mol. The molecule has 1 aliphatic rings. The summed E-state index contributed by atoms with van der Waals surface area (Å²) in [6, 6.07) is 0. The molecule has 7 heteroatoms. The first-order valence-electron chi connectivity index (χ1n) is 3.98. The predicted octanol–water partition coefficient (Wildman–Crippen LogP) is 1.88. The van der Waals surface area contributed by atoms with Gasteiger partial charge in [0, 0.05) is 0 Å². The van der Waals surface area contributed by atoms with Crippen LogP contribution in [0.3, 0.4) is 0 Å². The molecular weight excluding hydrogens is 270 g/mol. The number of nitrogens with two attached hydrogens (primary N) is 1. The van der Waals surface area contributed by atoms with Crippen molar-refractivity contribution < 1.29 is 9.53 Å². The Morgan fingerprint density at radius 3 is 2.64 bits per heavy atom. The molecule has 1 heterocycles. The van der Waals surface area contributed by atoms with Gasteiger partial charge in [0.1, 0.15) is 5.60 Å². The van der Waals surface area contributed by atoms with E-state index in [4.69, 9.17) is 10.5 Å². The first-order chi connectivity index (χ1) is 6.29. The van der Waals surface area contributed by atoms with Crippen LogP contribution in [-0.2, 0) is 4.74 Å². The predicted molar refractivity (Wildman–Crippen MR) is 60.0 cm³/mol. The van der Waals surface area contributed by atoms with Crippen LogP contribution >= 0.6 is 27.7 Å². The molecule has 0 bridgehead atoms. The van der Waals surface area contributed by atoms with Gasteiger partial charge >= 0.3 is 6.09 Å². The molecule has 0 saturated carbocycles. The van der Waals surface area contributed by atoms with Crippen molar-refractivity contribution in [2.75, 3.05) is 0 Å². The summed E-state index contributed by atoms with van der Waals surface area (Å²) >= 11 is 4.40. The molecule has 80 valence electrons. The van der Waals surface area contributed by atoms with Crippen molar-refractivity contribution in [2.45, 2.75) is 31.9 Å². The molecule has 1 atom stereocenters. The van der Waals surface area contributed by atoms with Crippen molar-refractivity contribution in [2.24, 2.45) is 10.8 Å². The number of halogens is 1. The second-order valence-corrected chi connectivity index (χ2v) is 6.07. The fraction of sp³-hybridized carbons (Fsp3) is 0.714. The number of rotatable bonds is 0. The van der Waals surface area contributed by atoms with Crippen molar-refractivity contribution in [1.29, 1.82) is 0 Å². The Morgan fingerprint density at radius 2 is 2.29 bits per heavy atom. The maximum absolute atomic E-state index is 11.5.